The van der Waals surface area contributed by atoms with E-state index < -0.39 is 28.5 Å². The number of amides is 2. The van der Waals surface area contributed by atoms with E-state index >= 15 is 0 Å². The maximum Gasteiger partial charge on any atom is 0.264 e. The van der Waals surface area contributed by atoms with Crippen molar-refractivity contribution in [2.45, 2.75) is 38.3 Å². The van der Waals surface area contributed by atoms with Gasteiger partial charge in [0, 0.05) is 22.6 Å². The van der Waals surface area contributed by atoms with Crippen LogP contribution in [0.1, 0.15) is 25.0 Å². The molecular formula is C27H29BrClN3O4S. The first-order valence-corrected chi connectivity index (χ1v) is 14.3. The van der Waals surface area contributed by atoms with Crippen molar-refractivity contribution < 1.29 is 18.0 Å². The highest BCUT2D eigenvalue weighted by Crippen LogP contribution is 2.26. The Balaban J connectivity index is 2.02. The van der Waals surface area contributed by atoms with Crippen LogP contribution >= 0.6 is 27.5 Å². The SMILES string of the molecule is CCNC(=O)[C@@H](C)N(Cc1cccc(Cl)c1)C(=O)CN(c1ccc(Br)cc1)S(=O)(=O)c1ccc(C)cc1. The second-order valence-electron chi connectivity index (χ2n) is 8.52. The Hall–Kier alpha value is -2.88. The monoisotopic (exact) mass is 605 g/mol. The maximum absolute atomic E-state index is 13.8. The summed E-state index contributed by atoms with van der Waals surface area (Å²) >= 11 is 9.51. The number of rotatable bonds is 10. The smallest absolute Gasteiger partial charge is 0.264 e. The Labute approximate surface area is 231 Å². The first-order chi connectivity index (χ1) is 17.5. The lowest BCUT2D eigenvalue weighted by molar-refractivity contribution is -0.139. The van der Waals surface area contributed by atoms with Gasteiger partial charge in [-0.05, 0) is 74.9 Å². The molecule has 0 unspecified atom stereocenters. The molecule has 0 heterocycles. The van der Waals surface area contributed by atoms with E-state index in [1.807, 2.05) is 6.92 Å². The number of carbonyl (C=O) groups is 2. The van der Waals surface area contributed by atoms with Crippen molar-refractivity contribution in [1.82, 2.24) is 10.2 Å². The van der Waals surface area contributed by atoms with Crippen LogP contribution in [0.3, 0.4) is 0 Å². The summed E-state index contributed by atoms with van der Waals surface area (Å²) in [5.74, 6) is -0.869. The standard InChI is InChI=1S/C27H29BrClN3O4S/c1-4-30-27(34)20(3)31(17-21-6-5-7-23(29)16-21)26(33)18-32(24-12-10-22(28)11-13-24)37(35,36)25-14-8-19(2)9-15-25/h5-16,20H,4,17-18H2,1-3H3,(H,30,34)/t20-/m1/s1. The van der Waals surface area contributed by atoms with Gasteiger partial charge in [0.1, 0.15) is 12.6 Å². The van der Waals surface area contributed by atoms with Crippen LogP contribution in [0, 0.1) is 6.92 Å². The molecule has 3 rings (SSSR count). The zero-order valence-corrected chi connectivity index (χ0v) is 24.0. The summed E-state index contributed by atoms with van der Waals surface area (Å²) in [6, 6.07) is 19.2. The van der Waals surface area contributed by atoms with Crippen molar-refractivity contribution in [2.24, 2.45) is 0 Å². The van der Waals surface area contributed by atoms with Gasteiger partial charge < -0.3 is 10.2 Å². The summed E-state index contributed by atoms with van der Waals surface area (Å²) < 4.78 is 29.3. The van der Waals surface area contributed by atoms with E-state index in [0.29, 0.717) is 22.8 Å². The van der Waals surface area contributed by atoms with Gasteiger partial charge in [0.2, 0.25) is 11.8 Å². The molecule has 2 amide bonds. The number of aryl methyl sites for hydroxylation is 1. The second kappa shape index (κ2) is 12.6. The fraction of sp³-hybridized carbons (Fsp3) is 0.259. The lowest BCUT2D eigenvalue weighted by atomic mass is 10.1. The fourth-order valence-electron chi connectivity index (χ4n) is 3.71. The molecule has 0 aliphatic carbocycles. The number of hydrogen-bond acceptors (Lipinski definition) is 4. The molecule has 37 heavy (non-hydrogen) atoms. The number of sulfonamides is 1. The van der Waals surface area contributed by atoms with Crippen LogP contribution in [0.4, 0.5) is 5.69 Å². The molecule has 196 valence electrons. The number of benzene rings is 3. The average Bonchev–Trinajstić information content (AvgIpc) is 2.86. The van der Waals surface area contributed by atoms with Crippen LogP contribution in [-0.2, 0) is 26.2 Å². The van der Waals surface area contributed by atoms with Gasteiger partial charge in [0.05, 0.1) is 10.6 Å². The molecule has 0 saturated carbocycles. The third kappa shape index (κ3) is 7.34. The van der Waals surface area contributed by atoms with Gasteiger partial charge in [0.15, 0.2) is 0 Å². The van der Waals surface area contributed by atoms with Gasteiger partial charge in [0.25, 0.3) is 10.0 Å². The summed E-state index contributed by atoms with van der Waals surface area (Å²) in [6.45, 7) is 5.25. The molecule has 0 aromatic heterocycles. The summed E-state index contributed by atoms with van der Waals surface area (Å²) in [4.78, 5) is 27.9. The molecule has 0 bridgehead atoms. The van der Waals surface area contributed by atoms with Gasteiger partial charge in [-0.25, -0.2) is 8.42 Å². The van der Waals surface area contributed by atoms with E-state index in [-0.39, 0.29) is 17.3 Å². The van der Waals surface area contributed by atoms with Gasteiger partial charge in [-0.3, -0.25) is 13.9 Å². The Bertz CT molecular complexity index is 1350. The minimum absolute atomic E-state index is 0.0620. The summed E-state index contributed by atoms with van der Waals surface area (Å²) in [7, 11) is -4.10. The van der Waals surface area contributed by atoms with Crippen LogP contribution in [0.5, 0.6) is 0 Å². The minimum Gasteiger partial charge on any atom is -0.355 e. The highest BCUT2D eigenvalue weighted by Gasteiger charge is 2.32. The molecule has 3 aromatic rings. The lowest BCUT2D eigenvalue weighted by Gasteiger charge is -2.32. The highest BCUT2D eigenvalue weighted by atomic mass is 79.9. The van der Waals surface area contributed by atoms with Crippen molar-refractivity contribution in [1.29, 1.82) is 0 Å². The summed E-state index contributed by atoms with van der Waals surface area (Å²) in [6.07, 6.45) is 0. The molecule has 1 N–H and O–H groups in total. The largest absolute Gasteiger partial charge is 0.355 e. The molecule has 3 aromatic carbocycles. The lowest BCUT2D eigenvalue weighted by Crippen LogP contribution is -2.51. The zero-order chi connectivity index (χ0) is 27.2. The molecule has 0 saturated heterocycles. The average molecular weight is 607 g/mol. The van der Waals surface area contributed by atoms with Crippen LogP contribution in [0.25, 0.3) is 0 Å². The van der Waals surface area contributed by atoms with Crippen LogP contribution in [0.15, 0.2) is 82.2 Å². The number of carbonyl (C=O) groups excluding carboxylic acids is 2. The molecule has 7 nitrogen and oxygen atoms in total. The van der Waals surface area contributed by atoms with Crippen molar-refractivity contribution in [3.8, 4) is 0 Å². The first kappa shape index (κ1) is 28.7. The van der Waals surface area contributed by atoms with Crippen molar-refractivity contribution in [3.05, 3.63) is 93.4 Å². The molecule has 0 radical (unpaired) electrons. The Morgan fingerprint density at radius 1 is 1.03 bits per heavy atom. The predicted molar refractivity (Wildman–Crippen MR) is 150 cm³/mol. The molecule has 1 atom stereocenters. The number of nitrogens with zero attached hydrogens (tertiary/aromatic N) is 2. The van der Waals surface area contributed by atoms with Crippen LogP contribution in [-0.4, -0.2) is 44.3 Å². The summed E-state index contributed by atoms with van der Waals surface area (Å²) in [5, 5.41) is 3.23. The van der Waals surface area contributed by atoms with Crippen molar-refractivity contribution in [2.75, 3.05) is 17.4 Å². The number of hydrogen-bond donors (Lipinski definition) is 1. The molecule has 0 aliphatic rings. The topological polar surface area (TPSA) is 86.8 Å². The van der Waals surface area contributed by atoms with E-state index in [2.05, 4.69) is 21.2 Å². The maximum atomic E-state index is 13.8. The predicted octanol–water partition coefficient (Wildman–Crippen LogP) is 5.16. The Morgan fingerprint density at radius 2 is 1.68 bits per heavy atom. The molecule has 0 fully saturated rings. The number of anilines is 1. The van der Waals surface area contributed by atoms with Gasteiger partial charge in [-0.15, -0.1) is 0 Å². The van der Waals surface area contributed by atoms with E-state index in [1.165, 1.54) is 17.0 Å². The Kier molecular flexibility index (Phi) is 9.75. The van der Waals surface area contributed by atoms with Gasteiger partial charge >= 0.3 is 0 Å². The quantitative estimate of drug-likeness (QED) is 0.346. The second-order valence-corrected chi connectivity index (χ2v) is 11.7. The van der Waals surface area contributed by atoms with E-state index in [4.69, 9.17) is 11.6 Å². The third-order valence-electron chi connectivity index (χ3n) is 5.76. The van der Waals surface area contributed by atoms with Crippen molar-refractivity contribution >= 4 is 55.1 Å². The number of halogens is 2. The third-order valence-corrected chi connectivity index (χ3v) is 8.31. The molecule has 0 aliphatic heterocycles. The fourth-order valence-corrected chi connectivity index (χ4v) is 5.60. The van der Waals surface area contributed by atoms with E-state index in [9.17, 15) is 18.0 Å². The summed E-state index contributed by atoms with van der Waals surface area (Å²) in [5.41, 5.74) is 1.95. The van der Waals surface area contributed by atoms with Gasteiger partial charge in [-0.2, -0.15) is 0 Å². The molecular weight excluding hydrogens is 578 g/mol. The van der Waals surface area contributed by atoms with Gasteiger partial charge in [-0.1, -0.05) is 57.4 Å². The highest BCUT2D eigenvalue weighted by molar-refractivity contribution is 9.10. The molecule has 0 spiro atoms. The van der Waals surface area contributed by atoms with Crippen LogP contribution in [0.2, 0.25) is 5.02 Å². The normalized spacial score (nSPS) is 12.0. The van der Waals surface area contributed by atoms with Crippen LogP contribution < -0.4 is 9.62 Å². The number of nitrogens with one attached hydrogen (secondary N) is 1. The zero-order valence-electron chi connectivity index (χ0n) is 20.8. The van der Waals surface area contributed by atoms with Crippen molar-refractivity contribution in [3.63, 3.8) is 0 Å². The first-order valence-electron chi connectivity index (χ1n) is 11.7. The van der Waals surface area contributed by atoms with E-state index in [0.717, 1.165) is 14.3 Å². The Morgan fingerprint density at radius 3 is 2.27 bits per heavy atom. The molecule has 10 heteroatoms. The van der Waals surface area contributed by atoms with E-state index in [1.54, 1.807) is 74.5 Å². The minimum atomic E-state index is -4.10. The number of likely N-dealkylation sites (N-methyl/N-ethyl adjacent to an activating group) is 1.